The Labute approximate surface area is 95.3 Å². The molecule has 16 heavy (non-hydrogen) atoms. The molecule has 0 atom stereocenters. The van der Waals surface area contributed by atoms with Gasteiger partial charge in [0, 0.05) is 18.5 Å². The highest BCUT2D eigenvalue weighted by atomic mass is 19.1. The molecule has 0 saturated heterocycles. The Morgan fingerprint density at radius 1 is 1.44 bits per heavy atom. The number of rotatable bonds is 5. The summed E-state index contributed by atoms with van der Waals surface area (Å²) in [5.41, 5.74) is 0.372. The second-order valence-corrected chi connectivity index (χ2v) is 4.08. The van der Waals surface area contributed by atoms with E-state index < -0.39 is 0 Å². The molecule has 1 aromatic carbocycles. The molecule has 0 spiro atoms. The van der Waals surface area contributed by atoms with Crippen molar-refractivity contribution in [3.63, 3.8) is 0 Å². The summed E-state index contributed by atoms with van der Waals surface area (Å²) in [5, 5.41) is 2.76. The zero-order valence-electron chi connectivity index (χ0n) is 9.72. The highest BCUT2D eigenvalue weighted by molar-refractivity contribution is 5.94. The Kier molecular flexibility index (Phi) is 4.92. The molecule has 2 N–H and O–H groups in total. The minimum Gasteiger partial charge on any atom is -0.352 e. The normalized spacial score (nSPS) is 10.5. The van der Waals surface area contributed by atoms with Gasteiger partial charge in [-0.2, -0.15) is 0 Å². The number of benzene rings is 1. The molecule has 0 radical (unpaired) electrons. The van der Waals surface area contributed by atoms with Gasteiger partial charge < -0.3 is 10.2 Å². The number of amides is 1. The lowest BCUT2D eigenvalue weighted by molar-refractivity contribution is -0.858. The minimum atomic E-state index is -0.384. The van der Waals surface area contributed by atoms with Gasteiger partial charge in [0.2, 0.25) is 0 Å². The van der Waals surface area contributed by atoms with Gasteiger partial charge in [-0.15, -0.1) is 0 Å². The third-order valence-electron chi connectivity index (χ3n) is 2.23. The number of carbonyl (C=O) groups excluding carboxylic acids is 1. The number of hydrogen-bond acceptors (Lipinski definition) is 1. The zero-order chi connectivity index (χ0) is 12.0. The van der Waals surface area contributed by atoms with Gasteiger partial charge in [0.15, 0.2) is 0 Å². The number of carbonyl (C=O) groups is 1. The van der Waals surface area contributed by atoms with E-state index in [9.17, 15) is 9.18 Å². The third kappa shape index (κ3) is 4.40. The Balaban J connectivity index is 2.35. The van der Waals surface area contributed by atoms with Crippen LogP contribution in [0.5, 0.6) is 0 Å². The van der Waals surface area contributed by atoms with Gasteiger partial charge in [-0.25, -0.2) is 4.39 Å². The van der Waals surface area contributed by atoms with Gasteiger partial charge in [-0.3, -0.25) is 4.79 Å². The molecule has 0 aromatic heterocycles. The fourth-order valence-electron chi connectivity index (χ4n) is 1.38. The number of halogens is 1. The van der Waals surface area contributed by atoms with E-state index in [0.717, 1.165) is 13.0 Å². The molecule has 1 aromatic rings. The summed E-state index contributed by atoms with van der Waals surface area (Å²) in [6, 6.07) is 5.71. The quantitative estimate of drug-likeness (QED) is 0.684. The van der Waals surface area contributed by atoms with Gasteiger partial charge in [-0.1, -0.05) is 6.07 Å². The van der Waals surface area contributed by atoms with E-state index >= 15 is 0 Å². The average Bonchev–Trinajstić information content (AvgIpc) is 2.24. The lowest BCUT2D eigenvalue weighted by atomic mass is 10.2. The smallest absolute Gasteiger partial charge is 0.251 e. The second-order valence-electron chi connectivity index (χ2n) is 4.08. The first-order chi connectivity index (χ1) is 7.59. The number of hydrogen-bond donors (Lipinski definition) is 2. The van der Waals surface area contributed by atoms with E-state index in [0.29, 0.717) is 12.1 Å². The van der Waals surface area contributed by atoms with Crippen molar-refractivity contribution in [2.45, 2.75) is 6.42 Å². The van der Waals surface area contributed by atoms with Crippen molar-refractivity contribution in [3.8, 4) is 0 Å². The van der Waals surface area contributed by atoms with Crippen LogP contribution in [0.3, 0.4) is 0 Å². The summed E-state index contributed by atoms with van der Waals surface area (Å²) in [6.45, 7) is 1.63. The van der Waals surface area contributed by atoms with Crippen LogP contribution in [0.1, 0.15) is 16.8 Å². The Morgan fingerprint density at radius 3 is 2.81 bits per heavy atom. The summed E-state index contributed by atoms with van der Waals surface area (Å²) in [4.78, 5) is 12.9. The molecule has 0 aliphatic rings. The molecule has 0 saturated carbocycles. The molecule has 0 bridgehead atoms. The lowest BCUT2D eigenvalue weighted by Gasteiger charge is -2.08. The number of nitrogens with one attached hydrogen (secondary N) is 2. The summed E-state index contributed by atoms with van der Waals surface area (Å²) < 4.78 is 12.8. The molecule has 0 heterocycles. The van der Waals surface area contributed by atoms with Gasteiger partial charge in [0.05, 0.1) is 20.6 Å². The van der Waals surface area contributed by atoms with Crippen molar-refractivity contribution in [3.05, 3.63) is 35.6 Å². The van der Waals surface area contributed by atoms with Gasteiger partial charge in [0.25, 0.3) is 5.91 Å². The predicted molar refractivity (Wildman–Crippen MR) is 61.0 cm³/mol. The maximum atomic E-state index is 12.8. The van der Waals surface area contributed by atoms with Gasteiger partial charge in [-0.05, 0) is 18.2 Å². The van der Waals surface area contributed by atoms with Crippen molar-refractivity contribution < 1.29 is 14.1 Å². The first-order valence-electron chi connectivity index (χ1n) is 5.42. The maximum absolute atomic E-state index is 12.8. The molecule has 0 aliphatic carbocycles. The van der Waals surface area contributed by atoms with Crippen molar-refractivity contribution >= 4 is 5.91 Å². The largest absolute Gasteiger partial charge is 0.352 e. The molecule has 0 aliphatic heterocycles. The van der Waals surface area contributed by atoms with Crippen LogP contribution in [0.25, 0.3) is 0 Å². The number of quaternary nitrogens is 1. The summed E-state index contributed by atoms with van der Waals surface area (Å²) in [5.74, 6) is -0.598. The maximum Gasteiger partial charge on any atom is 0.251 e. The molecule has 1 amide bonds. The van der Waals surface area contributed by atoms with E-state index in [1.165, 1.54) is 23.1 Å². The van der Waals surface area contributed by atoms with Crippen LogP contribution in [-0.4, -0.2) is 33.1 Å². The summed E-state index contributed by atoms with van der Waals surface area (Å²) in [6.07, 6.45) is 0.920. The standard InChI is InChI=1S/C12H17FN2O/c1-15(2)8-4-7-14-12(16)10-5-3-6-11(13)9-10/h3,5-6,9H,4,7-8H2,1-2H3,(H,14,16)/p+1. The Morgan fingerprint density at radius 2 is 2.19 bits per heavy atom. The minimum absolute atomic E-state index is 0.215. The van der Waals surface area contributed by atoms with Crippen molar-refractivity contribution in [2.24, 2.45) is 0 Å². The SMILES string of the molecule is C[NH+](C)CCCNC(=O)c1cccc(F)c1. The van der Waals surface area contributed by atoms with Crippen LogP contribution in [0.4, 0.5) is 4.39 Å². The Bertz CT molecular complexity index is 353. The van der Waals surface area contributed by atoms with Gasteiger partial charge >= 0.3 is 0 Å². The molecule has 0 fully saturated rings. The highest BCUT2D eigenvalue weighted by Crippen LogP contribution is 2.02. The van der Waals surface area contributed by atoms with Crippen LogP contribution in [0, 0.1) is 5.82 Å². The predicted octanol–water partition coefficient (Wildman–Crippen LogP) is 0.0901. The molecular formula is C12H18FN2O+. The molecular weight excluding hydrogens is 207 g/mol. The van der Waals surface area contributed by atoms with Crippen LogP contribution in [-0.2, 0) is 0 Å². The van der Waals surface area contributed by atoms with E-state index in [4.69, 9.17) is 0 Å². The second kappa shape index (κ2) is 6.23. The third-order valence-corrected chi connectivity index (χ3v) is 2.23. The molecule has 3 nitrogen and oxygen atoms in total. The fourth-order valence-corrected chi connectivity index (χ4v) is 1.38. The summed E-state index contributed by atoms with van der Waals surface area (Å²) in [7, 11) is 4.13. The van der Waals surface area contributed by atoms with E-state index in [1.807, 2.05) is 0 Å². The first-order valence-corrected chi connectivity index (χ1v) is 5.42. The monoisotopic (exact) mass is 225 g/mol. The van der Waals surface area contributed by atoms with Crippen LogP contribution < -0.4 is 10.2 Å². The molecule has 0 unspecified atom stereocenters. The summed E-state index contributed by atoms with van der Waals surface area (Å²) >= 11 is 0. The molecule has 88 valence electrons. The lowest BCUT2D eigenvalue weighted by Crippen LogP contribution is -3.05. The van der Waals surface area contributed by atoms with E-state index in [2.05, 4.69) is 19.4 Å². The highest BCUT2D eigenvalue weighted by Gasteiger charge is 2.05. The van der Waals surface area contributed by atoms with Gasteiger partial charge in [0.1, 0.15) is 5.82 Å². The topological polar surface area (TPSA) is 33.5 Å². The van der Waals surface area contributed by atoms with Crippen molar-refractivity contribution in [1.29, 1.82) is 0 Å². The van der Waals surface area contributed by atoms with E-state index in [1.54, 1.807) is 6.07 Å². The Hall–Kier alpha value is -1.42. The fraction of sp³-hybridized carbons (Fsp3) is 0.417. The van der Waals surface area contributed by atoms with Crippen LogP contribution in [0.15, 0.2) is 24.3 Å². The molecule has 4 heteroatoms. The zero-order valence-corrected chi connectivity index (χ0v) is 9.72. The average molecular weight is 225 g/mol. The first kappa shape index (κ1) is 12.6. The van der Waals surface area contributed by atoms with Crippen molar-refractivity contribution in [1.82, 2.24) is 5.32 Å². The van der Waals surface area contributed by atoms with Crippen molar-refractivity contribution in [2.75, 3.05) is 27.2 Å². The van der Waals surface area contributed by atoms with Crippen LogP contribution >= 0.6 is 0 Å². The molecule has 1 rings (SSSR count). The van der Waals surface area contributed by atoms with E-state index in [-0.39, 0.29) is 11.7 Å². The van der Waals surface area contributed by atoms with Crippen LogP contribution in [0.2, 0.25) is 0 Å².